The van der Waals surface area contributed by atoms with Crippen LogP contribution in [-0.4, -0.2) is 20.9 Å². The van der Waals surface area contributed by atoms with Crippen LogP contribution < -0.4 is 0 Å². The minimum atomic E-state index is -0.000379. The Morgan fingerprint density at radius 2 is 1.53 bits per heavy atom. The average molecular weight is 880 g/mol. The number of aliphatic hydroxyl groups is 1. The summed E-state index contributed by atoms with van der Waals surface area (Å²) in [7, 11) is 0. The predicted octanol–water partition coefficient (Wildman–Crippen LogP) is 12.8. The first-order valence-electron chi connectivity index (χ1n) is 18.0. The number of benzene rings is 3. The molecular weight excluding hydrogens is 829 g/mol. The smallest absolute Gasteiger partial charge is 0.162 e. The van der Waals surface area contributed by atoms with Crippen molar-refractivity contribution < 1.29 is 34.4 Å². The van der Waals surface area contributed by atoms with Gasteiger partial charge in [-0.1, -0.05) is 89.7 Å². The molecule has 0 unspecified atom stereocenters. The van der Waals surface area contributed by atoms with Gasteiger partial charge in [-0.3, -0.25) is 4.79 Å². The topological polar surface area (TPSA) is 76.2 Å². The maximum absolute atomic E-state index is 11.7. The Bertz CT molecular complexity index is 2160. The fourth-order valence-electron chi connectivity index (χ4n) is 6.67. The van der Waals surface area contributed by atoms with Gasteiger partial charge in [-0.05, 0) is 80.5 Å². The van der Waals surface area contributed by atoms with E-state index in [0.717, 1.165) is 74.1 Å². The van der Waals surface area contributed by atoms with E-state index in [4.69, 9.17) is 14.4 Å². The van der Waals surface area contributed by atoms with Crippen LogP contribution in [0.5, 0.6) is 0 Å². The van der Waals surface area contributed by atoms with Crippen LogP contribution in [0, 0.1) is 38.7 Å². The van der Waals surface area contributed by atoms with E-state index in [9.17, 15) is 9.90 Å². The van der Waals surface area contributed by atoms with Crippen LogP contribution >= 0.6 is 11.3 Å². The van der Waals surface area contributed by atoms with E-state index in [1.54, 1.807) is 11.3 Å². The number of aromatic nitrogens is 2. The summed E-state index contributed by atoms with van der Waals surface area (Å²) in [6.07, 6.45) is 6.90. The zero-order valence-electron chi connectivity index (χ0n) is 31.7. The summed E-state index contributed by atoms with van der Waals surface area (Å²) in [4.78, 5) is 21.6. The van der Waals surface area contributed by atoms with Crippen LogP contribution in [0.1, 0.15) is 95.8 Å². The maximum Gasteiger partial charge on any atom is 0.162 e. The number of carbonyl (C=O) groups is 1. The number of hydrogen-bond acceptors (Lipinski definition) is 6. The molecule has 271 valence electrons. The Morgan fingerprint density at radius 1 is 0.902 bits per heavy atom. The van der Waals surface area contributed by atoms with Gasteiger partial charge < -0.3 is 14.5 Å². The summed E-state index contributed by atoms with van der Waals surface area (Å²) < 4.78 is 7.69. The molecule has 0 bridgehead atoms. The van der Waals surface area contributed by atoms with Gasteiger partial charge in [0.15, 0.2) is 5.78 Å². The number of fused-ring (bicyclic) bond motifs is 5. The molecular formula is C44H51IrN2O3S-. The number of furan rings is 1. The van der Waals surface area contributed by atoms with Crippen LogP contribution in [0.25, 0.3) is 54.5 Å². The molecule has 1 N–H and O–H groups in total. The average Bonchev–Trinajstić information content (AvgIpc) is 3.69. The van der Waals surface area contributed by atoms with Crippen LogP contribution in [0.3, 0.4) is 0 Å². The third kappa shape index (κ3) is 8.38. The van der Waals surface area contributed by atoms with Crippen molar-refractivity contribution >= 4 is 49.3 Å². The minimum Gasteiger partial charge on any atom is -0.512 e. The minimum absolute atomic E-state index is 0. The second-order valence-electron chi connectivity index (χ2n) is 14.4. The molecule has 51 heavy (non-hydrogen) atoms. The summed E-state index contributed by atoms with van der Waals surface area (Å²) in [6, 6.07) is 20.3. The van der Waals surface area contributed by atoms with Crippen molar-refractivity contribution in [3.63, 3.8) is 0 Å². The van der Waals surface area contributed by atoms with Crippen molar-refractivity contribution in [1.29, 1.82) is 0 Å². The molecule has 0 atom stereocenters. The van der Waals surface area contributed by atoms with Crippen LogP contribution in [-0.2, 0) is 30.3 Å². The molecule has 3 aromatic heterocycles. The molecule has 0 aliphatic carbocycles. The number of nitrogens with zero attached hydrogens (tertiary/aromatic N) is 2. The van der Waals surface area contributed by atoms with Crippen molar-refractivity contribution in [1.82, 2.24) is 9.97 Å². The van der Waals surface area contributed by atoms with Crippen molar-refractivity contribution in [2.75, 3.05) is 0 Å². The SMILES string of the molecule is CCC(CC)C(=O)/C=C(\O)C(CC)CC.Cc1cc(-c2[c-]ccc3c2oc2c3ccc3sc(C(C)(C)C)nc32)ncc1-c1c(C)cccc1C.[Ir]. The predicted molar refractivity (Wildman–Crippen MR) is 211 cm³/mol. The summed E-state index contributed by atoms with van der Waals surface area (Å²) in [5.74, 6) is 0.547. The van der Waals surface area contributed by atoms with Crippen molar-refractivity contribution in [3.8, 4) is 22.4 Å². The number of allylic oxidation sites excluding steroid dienone is 2. The molecule has 3 heterocycles. The van der Waals surface area contributed by atoms with Crippen LogP contribution in [0.15, 0.2) is 71.0 Å². The Balaban J connectivity index is 0.000000312. The van der Waals surface area contributed by atoms with Gasteiger partial charge in [-0.2, -0.15) is 0 Å². The van der Waals surface area contributed by atoms with Crippen molar-refractivity contribution in [2.24, 2.45) is 11.8 Å². The number of carbonyl (C=O) groups excluding carboxylic acids is 1. The van der Waals surface area contributed by atoms with E-state index < -0.39 is 0 Å². The Labute approximate surface area is 321 Å². The Morgan fingerprint density at radius 3 is 2.12 bits per heavy atom. The van der Waals surface area contributed by atoms with Crippen molar-refractivity contribution in [2.45, 2.75) is 100 Å². The number of rotatable bonds is 9. The number of thiazole rings is 1. The molecule has 0 aliphatic rings. The van der Waals surface area contributed by atoms with Gasteiger partial charge in [-0.15, -0.1) is 29.5 Å². The summed E-state index contributed by atoms with van der Waals surface area (Å²) in [6.45, 7) is 21.1. The van der Waals surface area contributed by atoms with E-state index in [1.807, 2.05) is 40.0 Å². The molecule has 0 saturated heterocycles. The number of ketones is 1. The van der Waals surface area contributed by atoms with Gasteiger partial charge in [-0.25, -0.2) is 4.98 Å². The molecule has 5 nitrogen and oxygen atoms in total. The van der Waals surface area contributed by atoms with Gasteiger partial charge in [0, 0.05) is 60.6 Å². The second-order valence-corrected chi connectivity index (χ2v) is 15.4. The van der Waals surface area contributed by atoms with Crippen LogP contribution in [0.2, 0.25) is 0 Å². The number of pyridine rings is 1. The van der Waals surface area contributed by atoms with Gasteiger partial charge in [0.05, 0.1) is 21.0 Å². The molecule has 6 aromatic rings. The first-order chi connectivity index (χ1) is 23.8. The van der Waals surface area contributed by atoms with E-state index in [0.29, 0.717) is 0 Å². The maximum atomic E-state index is 11.7. The largest absolute Gasteiger partial charge is 0.512 e. The van der Waals surface area contributed by atoms with Crippen LogP contribution in [0.4, 0.5) is 0 Å². The van der Waals surface area contributed by atoms with Gasteiger partial charge >= 0.3 is 0 Å². The summed E-state index contributed by atoms with van der Waals surface area (Å²) in [5.41, 5.74) is 10.5. The molecule has 3 aromatic carbocycles. The quantitative estimate of drug-likeness (QED) is 0.0889. The fraction of sp³-hybridized carbons (Fsp3) is 0.386. The zero-order chi connectivity index (χ0) is 36.3. The third-order valence-electron chi connectivity index (χ3n) is 9.80. The third-order valence-corrected chi connectivity index (χ3v) is 11.2. The normalized spacial score (nSPS) is 12.1. The molecule has 7 heteroatoms. The molecule has 0 saturated carbocycles. The van der Waals surface area contributed by atoms with Crippen molar-refractivity contribution in [3.05, 3.63) is 94.3 Å². The fourth-order valence-corrected chi connectivity index (χ4v) is 7.70. The number of hydrogen-bond donors (Lipinski definition) is 1. The monoisotopic (exact) mass is 880 g/mol. The first kappa shape index (κ1) is 40.1. The molecule has 0 spiro atoms. The van der Waals surface area contributed by atoms with E-state index in [2.05, 4.69) is 90.1 Å². The molecule has 6 rings (SSSR count). The molecule has 0 amide bonds. The summed E-state index contributed by atoms with van der Waals surface area (Å²) in [5, 5.41) is 13.0. The number of aliphatic hydroxyl groups excluding tert-OH is 1. The van der Waals surface area contributed by atoms with E-state index in [-0.39, 0.29) is 48.9 Å². The van der Waals surface area contributed by atoms with Gasteiger partial charge in [0.2, 0.25) is 0 Å². The molecule has 1 radical (unpaired) electrons. The Kier molecular flexibility index (Phi) is 13.2. The van der Waals surface area contributed by atoms with Gasteiger partial charge in [0.1, 0.15) is 11.1 Å². The second kappa shape index (κ2) is 16.8. The Hall–Kier alpha value is -3.64. The molecule has 0 fully saturated rings. The van der Waals surface area contributed by atoms with E-state index in [1.165, 1.54) is 33.9 Å². The first-order valence-corrected chi connectivity index (χ1v) is 18.8. The zero-order valence-corrected chi connectivity index (χ0v) is 34.9. The summed E-state index contributed by atoms with van der Waals surface area (Å²) >= 11 is 1.74. The van der Waals surface area contributed by atoms with Gasteiger partial charge in [0.25, 0.3) is 0 Å². The standard InChI is InChI=1S/C31H27N2OS.C13H24O2.Ir/c1-17-9-7-10-18(2)26(17)23-16-32-24(15-19(23)3)22-12-8-11-20-21-13-14-25-27(29(21)34-28(20)22)33-30(35-25)31(4,5)6;1-5-10(6-2)12(14)9-13(15)11(7-3)8-4;/h7-11,13-16H,1-6H3;9-11,14H,5-8H2,1-4H3;/q-1;;/b;12-9-;. The van der Waals surface area contributed by atoms with E-state index >= 15 is 0 Å². The number of aryl methyl sites for hydroxylation is 3. The molecule has 0 aliphatic heterocycles.